The highest BCUT2D eigenvalue weighted by molar-refractivity contribution is 7.20. The van der Waals surface area contributed by atoms with Crippen LogP contribution >= 0.6 is 0 Å². The molecule has 0 aromatic heterocycles. The van der Waals surface area contributed by atoms with Gasteiger partial charge in [0.2, 0.25) is 0 Å². The van der Waals surface area contributed by atoms with E-state index in [2.05, 4.69) is 149 Å². The van der Waals surface area contributed by atoms with Crippen LogP contribution in [0.25, 0.3) is 0 Å². The van der Waals surface area contributed by atoms with Crippen LogP contribution < -0.4 is 41.5 Å². The van der Waals surface area contributed by atoms with Gasteiger partial charge in [-0.15, -0.1) is 0 Å². The van der Waals surface area contributed by atoms with Gasteiger partial charge in [0.1, 0.15) is 0 Å². The lowest BCUT2D eigenvalue weighted by Crippen LogP contribution is -2.75. The van der Waals surface area contributed by atoms with Gasteiger partial charge in [0, 0.05) is 26.4 Å². The van der Waals surface area contributed by atoms with E-state index in [1.165, 1.54) is 41.5 Å². The van der Waals surface area contributed by atoms with E-state index in [4.69, 9.17) is 0 Å². The lowest BCUT2D eigenvalue weighted by Gasteiger charge is -2.36. The van der Waals surface area contributed by atoms with Crippen LogP contribution in [0.5, 0.6) is 0 Å². The SMILES string of the molecule is C[Si](C)(CCCO)c1ccc([Si](c2ccc([Si](C)(C)CCCO)cc2)(c2ccc([Si](C)(C)CCCO)cc2)c2ccc([Si](C)(C)CCCO)cc2)cc1. The van der Waals surface area contributed by atoms with Gasteiger partial charge in [-0.05, 0) is 46.4 Å². The Morgan fingerprint density at radius 2 is 0.434 bits per heavy atom. The highest BCUT2D eigenvalue weighted by Crippen LogP contribution is 2.18. The normalized spacial score (nSPS) is 13.1. The number of aliphatic hydroxyl groups is 4. The Hall–Kier alpha value is -2.20. The second-order valence-electron chi connectivity index (χ2n) is 17.9. The molecule has 0 saturated heterocycles. The number of aliphatic hydroxyl groups excluding tert-OH is 4. The zero-order valence-corrected chi connectivity index (χ0v) is 39.0. The second kappa shape index (κ2) is 18.6. The molecule has 0 heterocycles. The smallest absolute Gasteiger partial charge is 0.179 e. The largest absolute Gasteiger partial charge is 0.396 e. The summed E-state index contributed by atoms with van der Waals surface area (Å²) in [5.74, 6) is 0. The van der Waals surface area contributed by atoms with Crippen molar-refractivity contribution in [3.05, 3.63) is 97.1 Å². The van der Waals surface area contributed by atoms with Crippen molar-refractivity contribution in [2.75, 3.05) is 26.4 Å². The van der Waals surface area contributed by atoms with E-state index < -0.39 is 40.4 Å². The fourth-order valence-corrected chi connectivity index (χ4v) is 22.6. The molecule has 0 radical (unpaired) electrons. The van der Waals surface area contributed by atoms with Crippen molar-refractivity contribution in [1.82, 2.24) is 0 Å². The second-order valence-corrected chi connectivity index (χ2v) is 41.1. The summed E-state index contributed by atoms with van der Waals surface area (Å²) in [4.78, 5) is 0. The average molecular weight is 801 g/mol. The van der Waals surface area contributed by atoms with Gasteiger partial charge in [-0.1, -0.05) is 194 Å². The van der Waals surface area contributed by atoms with Gasteiger partial charge in [0.15, 0.2) is 8.07 Å². The first-order valence-electron chi connectivity index (χ1n) is 20.0. The van der Waals surface area contributed by atoms with Crippen molar-refractivity contribution >= 4 is 81.9 Å². The molecule has 0 aliphatic heterocycles. The first kappa shape index (κ1) is 43.5. The quantitative estimate of drug-likeness (QED) is 0.0797. The summed E-state index contributed by atoms with van der Waals surface area (Å²) in [5.41, 5.74) is 0. The summed E-state index contributed by atoms with van der Waals surface area (Å²) in [6, 6.07) is 43.0. The number of benzene rings is 4. The number of hydrogen-bond acceptors (Lipinski definition) is 4. The molecule has 0 bridgehead atoms. The van der Waals surface area contributed by atoms with Gasteiger partial charge in [-0.3, -0.25) is 0 Å². The molecule has 288 valence electrons. The Morgan fingerprint density at radius 3 is 0.585 bits per heavy atom. The third-order valence-corrected chi connectivity index (χ3v) is 31.0. The average Bonchev–Trinajstić information content (AvgIpc) is 3.16. The maximum atomic E-state index is 9.64. The minimum Gasteiger partial charge on any atom is -0.396 e. The Labute approximate surface area is 326 Å². The van der Waals surface area contributed by atoms with Crippen LogP contribution in [0.2, 0.25) is 76.6 Å². The summed E-state index contributed by atoms with van der Waals surface area (Å²) in [6.45, 7) is 20.3. The topological polar surface area (TPSA) is 80.9 Å². The van der Waals surface area contributed by atoms with Gasteiger partial charge in [0.25, 0.3) is 0 Å². The molecular formula is C44H68O4Si5. The zero-order chi connectivity index (χ0) is 38.9. The molecule has 9 heteroatoms. The molecule has 4 nitrogen and oxygen atoms in total. The number of hydrogen-bond donors (Lipinski definition) is 4. The molecule has 0 aliphatic carbocycles. The Kier molecular flexibility index (Phi) is 15.3. The molecule has 4 N–H and O–H groups in total. The Balaban J connectivity index is 2.02. The molecule has 4 aromatic carbocycles. The number of rotatable bonds is 20. The van der Waals surface area contributed by atoms with Crippen molar-refractivity contribution in [3.63, 3.8) is 0 Å². The van der Waals surface area contributed by atoms with Gasteiger partial charge in [-0.2, -0.15) is 0 Å². The van der Waals surface area contributed by atoms with E-state index in [-0.39, 0.29) is 26.4 Å². The molecule has 0 fully saturated rings. The predicted molar refractivity (Wildman–Crippen MR) is 245 cm³/mol. The lowest BCUT2D eigenvalue weighted by molar-refractivity contribution is 0.294. The molecule has 0 atom stereocenters. The van der Waals surface area contributed by atoms with Crippen molar-refractivity contribution in [2.45, 2.75) is 102 Å². The minimum absolute atomic E-state index is 0.242. The third-order valence-electron chi connectivity index (χ3n) is 12.2. The van der Waals surface area contributed by atoms with Gasteiger partial charge in [-0.25, -0.2) is 0 Å². The zero-order valence-electron chi connectivity index (χ0n) is 34.0. The van der Waals surface area contributed by atoms with Crippen LogP contribution in [-0.4, -0.2) is 87.2 Å². The summed E-state index contributed by atoms with van der Waals surface area (Å²) in [6.07, 6.45) is 3.38. The van der Waals surface area contributed by atoms with Crippen LogP contribution in [0.4, 0.5) is 0 Å². The van der Waals surface area contributed by atoms with Crippen molar-refractivity contribution in [2.24, 2.45) is 0 Å². The minimum atomic E-state index is -2.83. The van der Waals surface area contributed by atoms with Gasteiger partial charge in [0.05, 0.1) is 32.3 Å². The molecule has 0 aliphatic rings. The maximum Gasteiger partial charge on any atom is 0.179 e. The molecule has 0 saturated carbocycles. The molecule has 53 heavy (non-hydrogen) atoms. The van der Waals surface area contributed by atoms with Crippen LogP contribution in [-0.2, 0) is 0 Å². The van der Waals surface area contributed by atoms with Gasteiger partial charge >= 0.3 is 0 Å². The molecule has 0 unspecified atom stereocenters. The van der Waals surface area contributed by atoms with Gasteiger partial charge < -0.3 is 20.4 Å². The highest BCUT2D eigenvalue weighted by atomic mass is 28.3. The predicted octanol–water partition coefficient (Wildman–Crippen LogP) is 4.26. The summed E-state index contributed by atoms with van der Waals surface area (Å²) < 4.78 is 0. The van der Waals surface area contributed by atoms with E-state index in [1.54, 1.807) is 0 Å². The fraction of sp³-hybridized carbons (Fsp3) is 0.455. The van der Waals surface area contributed by atoms with Crippen LogP contribution in [0.15, 0.2) is 97.1 Å². The van der Waals surface area contributed by atoms with Crippen LogP contribution in [0.3, 0.4) is 0 Å². The standard InChI is InChI=1S/C44H68O4Si5/c1-49(2,33-9-29-45)37-13-21-41(22-14-37)53(42-23-15-38(16-24-42)50(3,4)34-10-30-46,43-25-17-39(18-26-43)51(5,6)35-11-31-47)44-27-19-40(20-28-44)52(7,8)36-12-32-48/h13-28,45-48H,9-12,29-36H2,1-8H3. The Morgan fingerprint density at radius 1 is 0.283 bits per heavy atom. The molecule has 0 amide bonds. The molecular weight excluding hydrogens is 733 g/mol. The van der Waals surface area contributed by atoms with Crippen LogP contribution in [0.1, 0.15) is 25.7 Å². The summed E-state index contributed by atoms with van der Waals surface area (Å²) in [7, 11) is -9.72. The monoisotopic (exact) mass is 800 g/mol. The van der Waals surface area contributed by atoms with E-state index in [0.29, 0.717) is 0 Å². The highest BCUT2D eigenvalue weighted by Gasteiger charge is 2.43. The first-order chi connectivity index (χ1) is 25.1. The van der Waals surface area contributed by atoms with Crippen molar-refractivity contribution < 1.29 is 20.4 Å². The lowest BCUT2D eigenvalue weighted by atomic mass is 10.3. The maximum absolute atomic E-state index is 9.64. The van der Waals surface area contributed by atoms with E-state index in [9.17, 15) is 20.4 Å². The molecule has 4 rings (SSSR count). The van der Waals surface area contributed by atoms with E-state index in [1.807, 2.05) is 0 Å². The van der Waals surface area contributed by atoms with Crippen LogP contribution in [0, 0.1) is 0 Å². The first-order valence-corrected chi connectivity index (χ1v) is 34.8. The van der Waals surface area contributed by atoms with Crippen molar-refractivity contribution in [1.29, 1.82) is 0 Å². The Bertz CT molecular complexity index is 1440. The summed E-state index contributed by atoms with van der Waals surface area (Å²) >= 11 is 0. The van der Waals surface area contributed by atoms with E-state index >= 15 is 0 Å². The molecule has 0 spiro atoms. The van der Waals surface area contributed by atoms with E-state index in [0.717, 1.165) is 49.9 Å². The molecule has 4 aromatic rings. The fourth-order valence-electron chi connectivity index (χ4n) is 8.35. The third kappa shape index (κ3) is 10.2. The van der Waals surface area contributed by atoms with Crippen molar-refractivity contribution in [3.8, 4) is 0 Å². The summed E-state index contributed by atoms with van der Waals surface area (Å²) in [5, 5.41) is 49.8.